The molecule has 5 rings (SSSR count). The summed E-state index contributed by atoms with van der Waals surface area (Å²) < 4.78 is 11.4. The van der Waals surface area contributed by atoms with E-state index in [1.54, 1.807) is 6.20 Å². The molecule has 1 saturated heterocycles. The highest BCUT2D eigenvalue weighted by molar-refractivity contribution is 7.80. The number of aromatic nitrogens is 1. The Morgan fingerprint density at radius 2 is 1.97 bits per heavy atom. The third-order valence-corrected chi connectivity index (χ3v) is 7.07. The number of methoxy groups -OCH3 is 1. The number of carbonyl (C=O) groups is 1. The lowest BCUT2D eigenvalue weighted by Gasteiger charge is -2.27. The van der Waals surface area contributed by atoms with Crippen LogP contribution >= 0.6 is 23.8 Å². The van der Waals surface area contributed by atoms with Crippen molar-refractivity contribution >= 4 is 46.2 Å². The van der Waals surface area contributed by atoms with Crippen molar-refractivity contribution in [3.63, 3.8) is 0 Å². The van der Waals surface area contributed by atoms with Gasteiger partial charge in [-0.3, -0.25) is 9.78 Å². The number of furan rings is 1. The average Bonchev–Trinajstić information content (AvgIpc) is 3.52. The van der Waals surface area contributed by atoms with Gasteiger partial charge in [0.05, 0.1) is 11.7 Å². The van der Waals surface area contributed by atoms with Gasteiger partial charge in [0.25, 0.3) is 0 Å². The molecule has 1 fully saturated rings. The van der Waals surface area contributed by atoms with Gasteiger partial charge in [0, 0.05) is 35.3 Å². The summed E-state index contributed by atoms with van der Waals surface area (Å²) in [4.78, 5) is 18.7. The second-order valence-corrected chi connectivity index (χ2v) is 9.96. The van der Waals surface area contributed by atoms with E-state index in [9.17, 15) is 4.79 Å². The normalized spacial score (nSPS) is 16.9. The molecule has 0 saturated carbocycles. The van der Waals surface area contributed by atoms with Gasteiger partial charge in [0.1, 0.15) is 24.2 Å². The summed E-state index contributed by atoms with van der Waals surface area (Å²) >= 11 is 12.1. The molecular weight excluding hydrogens is 520 g/mol. The minimum atomic E-state index is -0.307. The van der Waals surface area contributed by atoms with E-state index < -0.39 is 0 Å². The van der Waals surface area contributed by atoms with E-state index in [1.807, 2.05) is 85.5 Å². The first-order chi connectivity index (χ1) is 18.4. The first-order valence-electron chi connectivity index (χ1n) is 12.1. The van der Waals surface area contributed by atoms with E-state index in [4.69, 9.17) is 33.0 Å². The molecule has 38 heavy (non-hydrogen) atoms. The molecule has 2 aromatic carbocycles. The number of halogens is 1. The zero-order valence-corrected chi connectivity index (χ0v) is 22.8. The van der Waals surface area contributed by atoms with Crippen molar-refractivity contribution in [3.8, 4) is 11.3 Å². The Bertz CT molecular complexity index is 1490. The summed E-state index contributed by atoms with van der Waals surface area (Å²) in [5.41, 5.74) is 5.32. The Morgan fingerprint density at radius 1 is 1.13 bits per heavy atom. The van der Waals surface area contributed by atoms with Crippen LogP contribution in [0.5, 0.6) is 0 Å². The van der Waals surface area contributed by atoms with Gasteiger partial charge in [0.2, 0.25) is 5.91 Å². The minimum Gasteiger partial charge on any atom is -0.459 e. The van der Waals surface area contributed by atoms with E-state index in [-0.39, 0.29) is 24.6 Å². The Morgan fingerprint density at radius 3 is 2.71 bits per heavy atom. The molecule has 9 heteroatoms. The van der Waals surface area contributed by atoms with E-state index in [0.717, 1.165) is 39.6 Å². The maximum atomic E-state index is 12.1. The number of ether oxygens (including phenoxy) is 1. The highest BCUT2D eigenvalue weighted by atomic mass is 35.5. The lowest BCUT2D eigenvalue weighted by Crippen LogP contribution is -2.29. The van der Waals surface area contributed by atoms with Gasteiger partial charge in [-0.05, 0) is 91.8 Å². The number of hydrogen-bond acceptors (Lipinski definition) is 5. The molecule has 7 nitrogen and oxygen atoms in total. The number of nitrogens with one attached hydrogen (secondary N) is 2. The van der Waals surface area contributed by atoms with E-state index >= 15 is 0 Å². The SMILES string of the molecule is COCC(=O)Nc1ccc(N2C(=S)N[C@@H](c3ccccn3)[C@@H]2c2ccc(-c3cc(Cl)ccc3C)o2)cc1C. The maximum Gasteiger partial charge on any atom is 0.250 e. The Labute approximate surface area is 231 Å². The van der Waals surface area contributed by atoms with Crippen LogP contribution in [0.25, 0.3) is 11.3 Å². The van der Waals surface area contributed by atoms with Gasteiger partial charge in [-0.15, -0.1) is 0 Å². The first-order valence-corrected chi connectivity index (χ1v) is 12.9. The van der Waals surface area contributed by atoms with Crippen molar-refractivity contribution in [2.45, 2.75) is 25.9 Å². The average molecular weight is 547 g/mol. The quantitative estimate of drug-likeness (QED) is 0.261. The van der Waals surface area contributed by atoms with Crippen LogP contribution in [0.3, 0.4) is 0 Å². The molecule has 1 aliphatic heterocycles. The largest absolute Gasteiger partial charge is 0.459 e. The number of benzene rings is 2. The summed E-state index contributed by atoms with van der Waals surface area (Å²) in [6.07, 6.45) is 1.77. The lowest BCUT2D eigenvalue weighted by molar-refractivity contribution is -0.119. The molecule has 0 radical (unpaired) electrons. The molecule has 0 unspecified atom stereocenters. The Kier molecular flexibility index (Phi) is 7.46. The summed E-state index contributed by atoms with van der Waals surface area (Å²) in [7, 11) is 1.49. The molecule has 2 N–H and O–H groups in total. The van der Waals surface area contributed by atoms with E-state index in [0.29, 0.717) is 15.8 Å². The smallest absolute Gasteiger partial charge is 0.250 e. The third kappa shape index (κ3) is 5.15. The second-order valence-electron chi connectivity index (χ2n) is 9.14. The molecule has 4 aromatic rings. The summed E-state index contributed by atoms with van der Waals surface area (Å²) in [5.74, 6) is 1.25. The predicted molar refractivity (Wildman–Crippen MR) is 154 cm³/mol. The van der Waals surface area contributed by atoms with Crippen molar-refractivity contribution in [1.82, 2.24) is 10.3 Å². The molecule has 0 bridgehead atoms. The summed E-state index contributed by atoms with van der Waals surface area (Å²) in [5, 5.41) is 7.53. The predicted octanol–water partition coefficient (Wildman–Crippen LogP) is 6.37. The van der Waals surface area contributed by atoms with Crippen LogP contribution in [0.15, 0.2) is 77.3 Å². The van der Waals surface area contributed by atoms with Crippen molar-refractivity contribution in [2.75, 3.05) is 23.9 Å². The van der Waals surface area contributed by atoms with Crippen LogP contribution in [0, 0.1) is 13.8 Å². The van der Waals surface area contributed by atoms with E-state index in [2.05, 4.69) is 15.6 Å². The fraction of sp³-hybridized carbons (Fsp3) is 0.207. The molecule has 2 aromatic heterocycles. The molecule has 0 spiro atoms. The van der Waals surface area contributed by atoms with Gasteiger partial charge in [-0.1, -0.05) is 23.7 Å². The fourth-order valence-electron chi connectivity index (χ4n) is 4.69. The summed E-state index contributed by atoms with van der Waals surface area (Å²) in [6.45, 7) is 3.96. The van der Waals surface area contributed by atoms with Crippen LogP contribution in [-0.4, -0.2) is 29.7 Å². The fourth-order valence-corrected chi connectivity index (χ4v) is 5.21. The second kappa shape index (κ2) is 10.9. The van der Waals surface area contributed by atoms with Crippen LogP contribution in [0.2, 0.25) is 5.02 Å². The molecule has 3 heterocycles. The maximum absolute atomic E-state index is 12.1. The summed E-state index contributed by atoms with van der Waals surface area (Å²) in [6, 6.07) is 20.8. The number of pyridine rings is 1. The highest BCUT2D eigenvalue weighted by Gasteiger charge is 2.42. The van der Waals surface area contributed by atoms with Crippen LogP contribution in [0.1, 0.15) is 34.7 Å². The number of nitrogens with zero attached hydrogens (tertiary/aromatic N) is 2. The minimum absolute atomic E-state index is 0.0118. The zero-order chi connectivity index (χ0) is 26.8. The first kappa shape index (κ1) is 25.9. The number of amides is 1. The lowest BCUT2D eigenvalue weighted by atomic mass is 10.0. The molecule has 0 aliphatic carbocycles. The van der Waals surface area contributed by atoms with Crippen LogP contribution in [-0.2, 0) is 9.53 Å². The molecule has 194 valence electrons. The Hall–Kier alpha value is -3.72. The molecular formula is C29H27ClN4O3S. The van der Waals surface area contributed by atoms with Crippen molar-refractivity contribution in [2.24, 2.45) is 0 Å². The standard InChI is InChI=1S/C29H27ClN4O3S/c1-17-7-8-19(30)15-21(17)24-11-12-25(37-24)28-27(23-6-4-5-13-31-23)33-29(38)34(28)20-9-10-22(18(2)14-20)32-26(35)16-36-3/h4-15,27-28H,16H2,1-3H3,(H,32,35)(H,33,38)/t27-,28-/m0/s1. The van der Waals surface area contributed by atoms with Crippen molar-refractivity contribution in [1.29, 1.82) is 0 Å². The van der Waals surface area contributed by atoms with Gasteiger partial charge in [0.15, 0.2) is 5.11 Å². The number of aryl methyl sites for hydroxylation is 2. The van der Waals surface area contributed by atoms with Gasteiger partial charge in [-0.2, -0.15) is 0 Å². The molecule has 1 aliphatic rings. The monoisotopic (exact) mass is 546 g/mol. The number of hydrogen-bond donors (Lipinski definition) is 2. The Balaban J connectivity index is 1.55. The zero-order valence-electron chi connectivity index (χ0n) is 21.2. The third-order valence-electron chi connectivity index (χ3n) is 6.52. The van der Waals surface area contributed by atoms with Gasteiger partial charge < -0.3 is 24.7 Å². The van der Waals surface area contributed by atoms with Gasteiger partial charge >= 0.3 is 0 Å². The van der Waals surface area contributed by atoms with Crippen molar-refractivity contribution in [3.05, 3.63) is 101 Å². The number of rotatable bonds is 7. The topological polar surface area (TPSA) is 79.6 Å². The highest BCUT2D eigenvalue weighted by Crippen LogP contribution is 2.43. The van der Waals surface area contributed by atoms with Gasteiger partial charge in [-0.25, -0.2) is 0 Å². The van der Waals surface area contributed by atoms with Crippen molar-refractivity contribution < 1.29 is 13.9 Å². The van der Waals surface area contributed by atoms with Crippen LogP contribution < -0.4 is 15.5 Å². The van der Waals surface area contributed by atoms with Crippen LogP contribution in [0.4, 0.5) is 11.4 Å². The molecule has 2 atom stereocenters. The number of anilines is 2. The number of thiocarbonyl (C=S) groups is 1. The number of carbonyl (C=O) groups excluding carboxylic acids is 1. The molecule has 1 amide bonds. The van der Waals surface area contributed by atoms with E-state index in [1.165, 1.54) is 7.11 Å².